The second kappa shape index (κ2) is 11.2. The molecule has 1 aromatic heterocycles. The normalized spacial score (nSPS) is 11.1. The Morgan fingerprint density at radius 2 is 1.80 bits per heavy atom. The van der Waals surface area contributed by atoms with E-state index in [1.165, 1.54) is 11.8 Å². The SMILES string of the molecule is C=Cc1ccc(CSc2nc3cc(C(=O)NCC(C)C)ccc3c(=O)n2Cc2ccccc2)cc1. The minimum absolute atomic E-state index is 0.113. The Morgan fingerprint density at radius 1 is 1.06 bits per heavy atom. The highest BCUT2D eigenvalue weighted by molar-refractivity contribution is 7.98. The number of benzene rings is 3. The molecule has 1 heterocycles. The fourth-order valence-electron chi connectivity index (χ4n) is 3.65. The zero-order chi connectivity index (χ0) is 24.8. The molecule has 0 bridgehead atoms. The van der Waals surface area contributed by atoms with E-state index in [9.17, 15) is 9.59 Å². The Hall–Kier alpha value is -3.64. The number of hydrogen-bond donors (Lipinski definition) is 1. The highest BCUT2D eigenvalue weighted by Gasteiger charge is 2.15. The number of aromatic nitrogens is 2. The molecule has 178 valence electrons. The Labute approximate surface area is 209 Å². The second-order valence-electron chi connectivity index (χ2n) is 8.84. The van der Waals surface area contributed by atoms with Gasteiger partial charge < -0.3 is 5.32 Å². The van der Waals surface area contributed by atoms with E-state index in [2.05, 4.69) is 24.0 Å². The van der Waals surface area contributed by atoms with Crippen LogP contribution in [0.25, 0.3) is 17.0 Å². The van der Waals surface area contributed by atoms with Crippen molar-refractivity contribution in [3.63, 3.8) is 0 Å². The van der Waals surface area contributed by atoms with Crippen LogP contribution in [-0.2, 0) is 12.3 Å². The van der Waals surface area contributed by atoms with Crippen LogP contribution in [0, 0.1) is 5.92 Å². The molecule has 4 aromatic rings. The minimum Gasteiger partial charge on any atom is -0.352 e. The van der Waals surface area contributed by atoms with Crippen LogP contribution in [0.5, 0.6) is 0 Å². The van der Waals surface area contributed by atoms with Crippen LogP contribution in [-0.4, -0.2) is 22.0 Å². The van der Waals surface area contributed by atoms with Gasteiger partial charge in [-0.2, -0.15) is 0 Å². The molecule has 0 saturated heterocycles. The molecule has 5 nitrogen and oxygen atoms in total. The topological polar surface area (TPSA) is 64.0 Å². The number of nitrogens with one attached hydrogen (secondary N) is 1. The summed E-state index contributed by atoms with van der Waals surface area (Å²) >= 11 is 1.52. The van der Waals surface area contributed by atoms with Gasteiger partial charge in [0.15, 0.2) is 5.16 Å². The van der Waals surface area contributed by atoms with Crippen molar-refractivity contribution in [3.8, 4) is 0 Å². The molecule has 0 aliphatic rings. The molecule has 0 unspecified atom stereocenters. The van der Waals surface area contributed by atoms with Crippen LogP contribution < -0.4 is 10.9 Å². The standard InChI is InChI=1S/C29H29N3O2S/c1-4-21-10-12-23(13-11-21)19-35-29-31-26-16-24(27(33)30-17-20(2)3)14-15-25(26)28(34)32(29)18-22-8-6-5-7-9-22/h4-16,20H,1,17-19H2,2-3H3,(H,30,33). The summed E-state index contributed by atoms with van der Waals surface area (Å²) in [7, 11) is 0. The van der Waals surface area contributed by atoms with Crippen molar-refractivity contribution in [3.05, 3.63) is 112 Å². The molecule has 0 atom stereocenters. The van der Waals surface area contributed by atoms with E-state index in [-0.39, 0.29) is 11.5 Å². The van der Waals surface area contributed by atoms with Gasteiger partial charge in [0, 0.05) is 17.9 Å². The lowest BCUT2D eigenvalue weighted by Crippen LogP contribution is -2.28. The number of hydrogen-bond acceptors (Lipinski definition) is 4. The predicted octanol–water partition coefficient (Wildman–Crippen LogP) is 5.77. The van der Waals surface area contributed by atoms with Gasteiger partial charge in [-0.1, -0.05) is 92.9 Å². The van der Waals surface area contributed by atoms with E-state index in [0.717, 1.165) is 16.7 Å². The fourth-order valence-corrected chi connectivity index (χ4v) is 4.61. The molecule has 35 heavy (non-hydrogen) atoms. The lowest BCUT2D eigenvalue weighted by Gasteiger charge is -2.14. The molecule has 4 rings (SSSR count). The fraction of sp³-hybridized carbons (Fsp3) is 0.207. The van der Waals surface area contributed by atoms with Crippen LogP contribution in [0.4, 0.5) is 0 Å². The van der Waals surface area contributed by atoms with Crippen LogP contribution in [0.15, 0.2) is 89.3 Å². The van der Waals surface area contributed by atoms with Crippen LogP contribution in [0.1, 0.15) is 40.9 Å². The van der Waals surface area contributed by atoms with Gasteiger partial charge in [-0.3, -0.25) is 14.2 Å². The Bertz CT molecular complexity index is 1390. The number of fused-ring (bicyclic) bond motifs is 1. The monoisotopic (exact) mass is 483 g/mol. The average Bonchev–Trinajstić information content (AvgIpc) is 2.88. The van der Waals surface area contributed by atoms with Gasteiger partial charge in [0.25, 0.3) is 11.5 Å². The van der Waals surface area contributed by atoms with E-state index in [4.69, 9.17) is 4.98 Å². The zero-order valence-electron chi connectivity index (χ0n) is 20.0. The summed E-state index contributed by atoms with van der Waals surface area (Å²) in [6.07, 6.45) is 1.81. The first-order valence-corrected chi connectivity index (χ1v) is 12.6. The summed E-state index contributed by atoms with van der Waals surface area (Å²) in [6, 6.07) is 23.2. The third kappa shape index (κ3) is 6.08. The first kappa shape index (κ1) is 24.5. The third-order valence-corrected chi connectivity index (χ3v) is 6.67. The Balaban J connectivity index is 1.71. The Kier molecular flexibility index (Phi) is 7.83. The van der Waals surface area contributed by atoms with Crippen molar-refractivity contribution in [1.82, 2.24) is 14.9 Å². The average molecular weight is 484 g/mol. The summed E-state index contributed by atoms with van der Waals surface area (Å²) in [5.74, 6) is 0.859. The smallest absolute Gasteiger partial charge is 0.262 e. The van der Waals surface area contributed by atoms with Crippen molar-refractivity contribution in [2.45, 2.75) is 31.3 Å². The van der Waals surface area contributed by atoms with Gasteiger partial charge >= 0.3 is 0 Å². The lowest BCUT2D eigenvalue weighted by atomic mass is 10.1. The number of amides is 1. The number of thioether (sulfide) groups is 1. The van der Waals surface area contributed by atoms with Gasteiger partial charge in [-0.05, 0) is 40.8 Å². The number of nitrogens with zero attached hydrogens (tertiary/aromatic N) is 2. The lowest BCUT2D eigenvalue weighted by molar-refractivity contribution is 0.0949. The van der Waals surface area contributed by atoms with E-state index in [1.54, 1.807) is 22.8 Å². The molecule has 1 amide bonds. The maximum Gasteiger partial charge on any atom is 0.262 e. The molecule has 3 aromatic carbocycles. The molecule has 6 heteroatoms. The summed E-state index contributed by atoms with van der Waals surface area (Å²) in [6.45, 7) is 8.92. The summed E-state index contributed by atoms with van der Waals surface area (Å²) < 4.78 is 1.72. The quantitative estimate of drug-likeness (QED) is 0.243. The molecule has 0 fully saturated rings. The molecular formula is C29H29N3O2S. The van der Waals surface area contributed by atoms with Crippen molar-refractivity contribution in [2.24, 2.45) is 5.92 Å². The highest BCUT2D eigenvalue weighted by atomic mass is 32.2. The van der Waals surface area contributed by atoms with Crippen molar-refractivity contribution in [2.75, 3.05) is 6.54 Å². The Morgan fingerprint density at radius 3 is 2.49 bits per heavy atom. The first-order chi connectivity index (χ1) is 16.9. The van der Waals surface area contributed by atoms with Crippen molar-refractivity contribution in [1.29, 1.82) is 0 Å². The molecule has 0 saturated carbocycles. The predicted molar refractivity (Wildman–Crippen MR) is 145 cm³/mol. The summed E-state index contributed by atoms with van der Waals surface area (Å²) in [5, 5.41) is 4.05. The number of rotatable bonds is 9. The minimum atomic E-state index is -0.160. The maximum atomic E-state index is 13.5. The zero-order valence-corrected chi connectivity index (χ0v) is 20.8. The van der Waals surface area contributed by atoms with Gasteiger partial charge in [0.2, 0.25) is 0 Å². The summed E-state index contributed by atoms with van der Waals surface area (Å²) in [4.78, 5) is 31.0. The van der Waals surface area contributed by atoms with Gasteiger partial charge in [0.1, 0.15) is 0 Å². The number of carbonyl (C=O) groups is 1. The van der Waals surface area contributed by atoms with Crippen molar-refractivity contribution >= 4 is 34.6 Å². The molecule has 1 N–H and O–H groups in total. The second-order valence-corrected chi connectivity index (χ2v) is 9.78. The van der Waals surface area contributed by atoms with E-state index in [1.807, 2.05) is 62.4 Å². The van der Waals surface area contributed by atoms with Crippen LogP contribution in [0.2, 0.25) is 0 Å². The van der Waals surface area contributed by atoms with Crippen LogP contribution >= 0.6 is 11.8 Å². The maximum absolute atomic E-state index is 13.5. The third-order valence-electron chi connectivity index (χ3n) is 5.62. The molecule has 0 spiro atoms. The molecular weight excluding hydrogens is 454 g/mol. The molecule has 0 aliphatic carbocycles. The van der Waals surface area contributed by atoms with Crippen molar-refractivity contribution < 1.29 is 4.79 Å². The van der Waals surface area contributed by atoms with Crippen LogP contribution in [0.3, 0.4) is 0 Å². The van der Waals surface area contributed by atoms with Gasteiger partial charge in [0.05, 0.1) is 17.4 Å². The molecule has 0 radical (unpaired) electrons. The van der Waals surface area contributed by atoms with Gasteiger partial charge in [-0.25, -0.2) is 4.98 Å². The summed E-state index contributed by atoms with van der Waals surface area (Å²) in [5.41, 5.74) is 4.13. The van der Waals surface area contributed by atoms with E-state index in [0.29, 0.717) is 46.4 Å². The largest absolute Gasteiger partial charge is 0.352 e. The van der Waals surface area contributed by atoms with E-state index >= 15 is 0 Å². The van der Waals surface area contributed by atoms with E-state index < -0.39 is 0 Å². The van der Waals surface area contributed by atoms with Gasteiger partial charge in [-0.15, -0.1) is 0 Å². The highest BCUT2D eigenvalue weighted by Crippen LogP contribution is 2.24. The number of carbonyl (C=O) groups excluding carboxylic acids is 1. The molecule has 0 aliphatic heterocycles. The first-order valence-electron chi connectivity index (χ1n) is 11.7.